The van der Waals surface area contributed by atoms with E-state index in [1.807, 2.05) is 6.92 Å². The van der Waals surface area contributed by atoms with Crippen molar-refractivity contribution in [1.82, 2.24) is 0 Å². The SMILES string of the molecule is CC1CC(=O)C(O)C2(O)CC3(C)C4=CCC5C(C)(C)C(OC6OCC(O)C(O)C6O)CCC56CC46C(O)CC3(C)C12. The van der Waals surface area contributed by atoms with Gasteiger partial charge in [-0.1, -0.05) is 46.3 Å². The van der Waals surface area contributed by atoms with Gasteiger partial charge in [0.05, 0.1) is 18.8 Å². The van der Waals surface area contributed by atoms with Gasteiger partial charge in [0.15, 0.2) is 12.1 Å². The number of hydrogen-bond donors (Lipinski definition) is 6. The van der Waals surface area contributed by atoms with E-state index >= 15 is 0 Å². The number of rotatable bonds is 2. The highest BCUT2D eigenvalue weighted by atomic mass is 16.7. The maximum Gasteiger partial charge on any atom is 0.186 e. The molecule has 0 amide bonds. The highest BCUT2D eigenvalue weighted by Crippen LogP contribution is 2.88. The number of carbonyl (C=O) groups is 1. The Bertz CT molecular complexity index is 1190. The average molecular weight is 577 g/mol. The largest absolute Gasteiger partial charge is 0.392 e. The molecule has 5 saturated carbocycles. The van der Waals surface area contributed by atoms with Gasteiger partial charge < -0.3 is 40.1 Å². The molecule has 0 aromatic heterocycles. The van der Waals surface area contributed by atoms with Crippen LogP contribution in [0.25, 0.3) is 0 Å². The van der Waals surface area contributed by atoms with Gasteiger partial charge in [0.1, 0.15) is 30.0 Å². The lowest BCUT2D eigenvalue weighted by Gasteiger charge is -2.61. The zero-order chi connectivity index (χ0) is 29.7. The van der Waals surface area contributed by atoms with E-state index in [1.54, 1.807) is 0 Å². The first-order valence-electron chi connectivity index (χ1n) is 15.6. The van der Waals surface area contributed by atoms with Gasteiger partial charge in [0.25, 0.3) is 0 Å². The molecule has 1 saturated heterocycles. The highest BCUT2D eigenvalue weighted by molar-refractivity contribution is 5.86. The fourth-order valence-electron chi connectivity index (χ4n) is 12.3. The molecule has 0 aromatic carbocycles. The molecule has 6 fully saturated rings. The first-order valence-corrected chi connectivity index (χ1v) is 15.6. The molecule has 9 nitrogen and oxygen atoms in total. The second-order valence-electron chi connectivity index (χ2n) is 16.1. The second kappa shape index (κ2) is 8.42. The second-order valence-corrected chi connectivity index (χ2v) is 16.1. The fraction of sp³-hybridized carbons (Fsp3) is 0.906. The summed E-state index contributed by atoms with van der Waals surface area (Å²) in [5, 5.41) is 65.8. The Labute approximate surface area is 241 Å². The number of carbonyl (C=O) groups excluding carboxylic acids is 1. The van der Waals surface area contributed by atoms with Gasteiger partial charge in [-0.25, -0.2) is 0 Å². The summed E-state index contributed by atoms with van der Waals surface area (Å²) < 4.78 is 11.9. The zero-order valence-corrected chi connectivity index (χ0v) is 24.9. The molecule has 2 spiro atoms. The average Bonchev–Trinajstić information content (AvgIpc) is 3.53. The molecule has 15 unspecified atom stereocenters. The van der Waals surface area contributed by atoms with Crippen LogP contribution in [0, 0.1) is 44.8 Å². The number of hydrogen-bond acceptors (Lipinski definition) is 9. The minimum atomic E-state index is -1.51. The van der Waals surface area contributed by atoms with Crippen LogP contribution in [-0.4, -0.2) is 91.5 Å². The first kappa shape index (κ1) is 28.8. The lowest BCUT2D eigenvalue weighted by molar-refractivity contribution is -0.301. The Morgan fingerprint density at radius 3 is 2.44 bits per heavy atom. The van der Waals surface area contributed by atoms with Crippen molar-refractivity contribution in [2.45, 2.75) is 128 Å². The van der Waals surface area contributed by atoms with Crippen LogP contribution in [0.15, 0.2) is 11.6 Å². The number of ether oxygens (including phenoxy) is 2. The molecule has 15 atom stereocenters. The summed E-state index contributed by atoms with van der Waals surface area (Å²) in [6.07, 6.45) is -0.461. The summed E-state index contributed by atoms with van der Waals surface area (Å²) >= 11 is 0. The van der Waals surface area contributed by atoms with Gasteiger partial charge in [-0.3, -0.25) is 4.79 Å². The van der Waals surface area contributed by atoms with Crippen LogP contribution in [0.3, 0.4) is 0 Å². The van der Waals surface area contributed by atoms with Crippen molar-refractivity contribution < 1.29 is 44.9 Å². The number of ketones is 1. The molecule has 6 N–H and O–H groups in total. The molecule has 9 heteroatoms. The monoisotopic (exact) mass is 576 g/mol. The Morgan fingerprint density at radius 2 is 1.73 bits per heavy atom. The Balaban J connectivity index is 1.23. The van der Waals surface area contributed by atoms with E-state index in [0.717, 1.165) is 19.3 Å². The van der Waals surface area contributed by atoms with Crippen LogP contribution in [-0.2, 0) is 14.3 Å². The van der Waals surface area contributed by atoms with E-state index < -0.39 is 58.7 Å². The van der Waals surface area contributed by atoms with Crippen molar-refractivity contribution >= 4 is 5.78 Å². The minimum Gasteiger partial charge on any atom is -0.392 e. The third kappa shape index (κ3) is 3.18. The smallest absolute Gasteiger partial charge is 0.186 e. The fourth-order valence-corrected chi connectivity index (χ4v) is 12.3. The number of fused-ring (bicyclic) bond motifs is 4. The van der Waals surface area contributed by atoms with Gasteiger partial charge in [0.2, 0.25) is 0 Å². The Morgan fingerprint density at radius 1 is 1.02 bits per heavy atom. The first-order chi connectivity index (χ1) is 19.0. The van der Waals surface area contributed by atoms with Gasteiger partial charge in [0, 0.05) is 11.8 Å². The number of allylic oxidation sites excluding steroid dienone is 1. The van der Waals surface area contributed by atoms with Crippen LogP contribution < -0.4 is 0 Å². The predicted molar refractivity (Wildman–Crippen MR) is 146 cm³/mol. The molecule has 230 valence electrons. The molecular formula is C32H48O9. The Hall–Kier alpha value is -0.910. The van der Waals surface area contributed by atoms with Gasteiger partial charge >= 0.3 is 0 Å². The summed E-state index contributed by atoms with van der Waals surface area (Å²) in [6.45, 7) is 10.7. The lowest BCUT2D eigenvalue weighted by atomic mass is 9.44. The molecule has 6 aliphatic carbocycles. The molecule has 7 aliphatic rings. The zero-order valence-electron chi connectivity index (χ0n) is 24.9. The maximum absolute atomic E-state index is 12.7. The van der Waals surface area contributed by atoms with Crippen LogP contribution in [0.1, 0.15) is 79.6 Å². The van der Waals surface area contributed by atoms with E-state index in [-0.39, 0.29) is 53.5 Å². The van der Waals surface area contributed by atoms with Gasteiger partial charge in [-0.05, 0) is 77.9 Å². The molecule has 0 aromatic rings. The molecule has 0 bridgehead atoms. The van der Waals surface area contributed by atoms with Crippen LogP contribution >= 0.6 is 0 Å². The van der Waals surface area contributed by atoms with E-state index in [0.29, 0.717) is 19.3 Å². The molecule has 41 heavy (non-hydrogen) atoms. The van der Waals surface area contributed by atoms with Gasteiger partial charge in [-0.2, -0.15) is 0 Å². The summed E-state index contributed by atoms with van der Waals surface area (Å²) in [4.78, 5) is 12.7. The summed E-state index contributed by atoms with van der Waals surface area (Å²) in [5.41, 5.74) is -2.07. The minimum absolute atomic E-state index is 0.0856. The summed E-state index contributed by atoms with van der Waals surface area (Å²) in [7, 11) is 0. The number of aliphatic hydroxyl groups is 6. The van der Waals surface area contributed by atoms with E-state index in [1.165, 1.54) is 5.57 Å². The Kier molecular flexibility index (Phi) is 5.92. The molecule has 0 radical (unpaired) electrons. The molecular weight excluding hydrogens is 528 g/mol. The van der Waals surface area contributed by atoms with Gasteiger partial charge in [-0.15, -0.1) is 0 Å². The topological polar surface area (TPSA) is 157 Å². The van der Waals surface area contributed by atoms with Crippen LogP contribution in [0.4, 0.5) is 0 Å². The summed E-state index contributed by atoms with van der Waals surface area (Å²) in [6, 6.07) is 0. The third-order valence-corrected chi connectivity index (χ3v) is 14.2. The third-order valence-electron chi connectivity index (χ3n) is 14.2. The number of aliphatic hydroxyl groups excluding tert-OH is 5. The predicted octanol–water partition coefficient (Wildman–Crippen LogP) is 1.45. The normalized spacial score (nSPS) is 60.7. The standard InChI is InChI=1S/C32H48O9/c1-15-10-16(33)25(38)32(39)13-29(5)19-7-6-18-27(2,3)21(41-26-23(37)22(36)17(34)12-40-26)8-9-30(18)14-31(19,30)20(35)11-28(29,4)24(15)32/h7,15,17-18,20-26,34-39H,6,8-14H2,1-5H3. The van der Waals surface area contributed by atoms with Crippen LogP contribution in [0.5, 0.6) is 0 Å². The van der Waals surface area contributed by atoms with Crippen molar-refractivity contribution in [2.24, 2.45) is 44.8 Å². The van der Waals surface area contributed by atoms with Crippen LogP contribution in [0.2, 0.25) is 0 Å². The van der Waals surface area contributed by atoms with Crippen molar-refractivity contribution in [3.63, 3.8) is 0 Å². The molecule has 1 heterocycles. The van der Waals surface area contributed by atoms with E-state index in [4.69, 9.17) is 9.47 Å². The lowest BCUT2D eigenvalue weighted by Crippen LogP contribution is -2.61. The van der Waals surface area contributed by atoms with Crippen molar-refractivity contribution in [3.05, 3.63) is 11.6 Å². The molecule has 7 rings (SSSR count). The van der Waals surface area contributed by atoms with Crippen molar-refractivity contribution in [1.29, 1.82) is 0 Å². The van der Waals surface area contributed by atoms with E-state index in [9.17, 15) is 35.4 Å². The summed E-state index contributed by atoms with van der Waals surface area (Å²) in [5.74, 6) is -0.455. The molecule has 1 aliphatic heterocycles. The van der Waals surface area contributed by atoms with Crippen molar-refractivity contribution in [3.8, 4) is 0 Å². The highest BCUT2D eigenvalue weighted by Gasteiger charge is 2.85. The maximum atomic E-state index is 12.7. The quantitative estimate of drug-likeness (QED) is 0.268. The van der Waals surface area contributed by atoms with E-state index in [2.05, 4.69) is 33.8 Å². The van der Waals surface area contributed by atoms with Crippen molar-refractivity contribution in [2.75, 3.05) is 6.61 Å². The number of Topliss-reactive ketones (excluding diaryl/α,β-unsaturated/α-hetero) is 1.